The number of anilines is 1. The smallest absolute Gasteiger partial charge is 0.345 e. The summed E-state index contributed by atoms with van der Waals surface area (Å²) in [7, 11) is 0. The van der Waals surface area contributed by atoms with Crippen molar-refractivity contribution in [2.75, 3.05) is 18.0 Å². The number of hydrogen-bond donors (Lipinski definition) is 2. The minimum absolute atomic E-state index is 0.0369. The lowest BCUT2D eigenvalue weighted by atomic mass is 9.96. The molecule has 17 heavy (non-hydrogen) atoms. The van der Waals surface area contributed by atoms with E-state index < -0.39 is 5.97 Å². The molecule has 2 rings (SSSR count). The van der Waals surface area contributed by atoms with Crippen LogP contribution in [0.1, 0.15) is 22.5 Å². The fraction of sp³-hybridized carbons (Fsp3) is 0.455. The highest BCUT2D eigenvalue weighted by molar-refractivity contribution is 7.17. The molecule has 0 saturated carbocycles. The molecule has 0 aliphatic carbocycles. The summed E-state index contributed by atoms with van der Waals surface area (Å²) < 4.78 is 0. The molecule has 92 valence electrons. The molecule has 0 aromatic carbocycles. The number of carboxylic acids is 1. The third-order valence-electron chi connectivity index (χ3n) is 3.01. The van der Waals surface area contributed by atoms with Crippen LogP contribution in [-0.4, -0.2) is 30.1 Å². The molecular formula is C11H14N2O3S. The quantitative estimate of drug-likeness (QED) is 0.847. The Bertz CT molecular complexity index is 436. The second kappa shape index (κ2) is 4.75. The van der Waals surface area contributed by atoms with Crippen LogP contribution >= 0.6 is 11.3 Å². The van der Waals surface area contributed by atoms with Gasteiger partial charge in [0.2, 0.25) is 5.91 Å². The van der Waals surface area contributed by atoms with Gasteiger partial charge in [0.1, 0.15) is 4.88 Å². The summed E-state index contributed by atoms with van der Waals surface area (Å²) in [6, 6.07) is 3.43. The fourth-order valence-corrected chi connectivity index (χ4v) is 2.89. The fourth-order valence-electron chi connectivity index (χ4n) is 2.00. The third-order valence-corrected chi connectivity index (χ3v) is 4.15. The Hall–Kier alpha value is -1.56. The number of nitrogens with two attached hydrogens (primary N) is 1. The molecule has 0 bridgehead atoms. The minimum Gasteiger partial charge on any atom is -0.477 e. The van der Waals surface area contributed by atoms with E-state index >= 15 is 0 Å². The molecule has 2 heterocycles. The maximum Gasteiger partial charge on any atom is 0.345 e. The number of aromatic carboxylic acids is 1. The number of carbonyl (C=O) groups is 2. The molecule has 0 radical (unpaired) electrons. The Morgan fingerprint density at radius 3 is 2.47 bits per heavy atom. The first-order valence-electron chi connectivity index (χ1n) is 5.45. The Morgan fingerprint density at radius 1 is 1.35 bits per heavy atom. The Morgan fingerprint density at radius 2 is 2.00 bits per heavy atom. The highest BCUT2D eigenvalue weighted by Crippen LogP contribution is 2.29. The largest absolute Gasteiger partial charge is 0.477 e. The number of primary amides is 1. The van der Waals surface area contributed by atoms with Gasteiger partial charge >= 0.3 is 5.97 Å². The first kappa shape index (κ1) is 11.9. The molecule has 1 aromatic heterocycles. The Kier molecular flexibility index (Phi) is 3.33. The molecular weight excluding hydrogens is 240 g/mol. The van der Waals surface area contributed by atoms with Gasteiger partial charge in [-0.3, -0.25) is 4.79 Å². The predicted molar refractivity (Wildman–Crippen MR) is 65.4 cm³/mol. The standard InChI is InChI=1S/C11H14N2O3S/c12-10(14)7-3-5-13(6-4-7)9-2-1-8(17-9)11(15)16/h1-2,7H,3-6H2,(H2,12,14)(H,15,16). The lowest BCUT2D eigenvalue weighted by Gasteiger charge is -2.31. The molecule has 1 amide bonds. The second-order valence-corrected chi connectivity index (χ2v) is 5.17. The molecule has 1 saturated heterocycles. The molecule has 0 atom stereocenters. The van der Waals surface area contributed by atoms with Gasteiger partial charge in [0.05, 0.1) is 5.00 Å². The van der Waals surface area contributed by atoms with Crippen LogP contribution in [-0.2, 0) is 4.79 Å². The van der Waals surface area contributed by atoms with E-state index in [4.69, 9.17) is 10.8 Å². The van der Waals surface area contributed by atoms with Crippen molar-refractivity contribution in [1.29, 1.82) is 0 Å². The molecule has 0 unspecified atom stereocenters. The van der Waals surface area contributed by atoms with Crippen molar-refractivity contribution in [2.24, 2.45) is 11.7 Å². The summed E-state index contributed by atoms with van der Waals surface area (Å²) in [4.78, 5) is 24.2. The van der Waals surface area contributed by atoms with Gasteiger partial charge in [-0.15, -0.1) is 11.3 Å². The Balaban J connectivity index is 2.00. The van der Waals surface area contributed by atoms with E-state index in [1.54, 1.807) is 6.07 Å². The van der Waals surface area contributed by atoms with Gasteiger partial charge in [0.15, 0.2) is 0 Å². The summed E-state index contributed by atoms with van der Waals surface area (Å²) in [5, 5.41) is 9.79. The molecule has 5 nitrogen and oxygen atoms in total. The second-order valence-electron chi connectivity index (χ2n) is 4.11. The highest BCUT2D eigenvalue weighted by Gasteiger charge is 2.24. The number of thiophene rings is 1. The zero-order valence-electron chi connectivity index (χ0n) is 9.26. The molecule has 1 aromatic rings. The summed E-state index contributed by atoms with van der Waals surface area (Å²) in [6.07, 6.45) is 1.49. The van der Waals surface area contributed by atoms with E-state index in [1.165, 1.54) is 11.3 Å². The number of hydrogen-bond acceptors (Lipinski definition) is 4. The van der Waals surface area contributed by atoms with E-state index in [1.807, 2.05) is 6.07 Å². The van der Waals surface area contributed by atoms with Crippen molar-refractivity contribution < 1.29 is 14.7 Å². The van der Waals surface area contributed by atoms with Crippen LogP contribution in [0, 0.1) is 5.92 Å². The first-order valence-corrected chi connectivity index (χ1v) is 6.27. The van der Waals surface area contributed by atoms with E-state index in [0.717, 1.165) is 30.9 Å². The van der Waals surface area contributed by atoms with Gasteiger partial charge in [0.25, 0.3) is 0 Å². The molecule has 0 spiro atoms. The highest BCUT2D eigenvalue weighted by atomic mass is 32.1. The summed E-state index contributed by atoms with van der Waals surface area (Å²) in [5.41, 5.74) is 5.26. The predicted octanol–water partition coefficient (Wildman–Crippen LogP) is 1.15. The monoisotopic (exact) mass is 254 g/mol. The lowest BCUT2D eigenvalue weighted by molar-refractivity contribution is -0.122. The summed E-state index contributed by atoms with van der Waals surface area (Å²) in [5.74, 6) is -1.17. The van der Waals surface area contributed by atoms with Crippen LogP contribution in [0.25, 0.3) is 0 Å². The number of carboxylic acid groups (broad SMARTS) is 1. The average molecular weight is 254 g/mol. The number of carbonyl (C=O) groups excluding carboxylic acids is 1. The van der Waals surface area contributed by atoms with Crippen LogP contribution in [0.4, 0.5) is 5.00 Å². The normalized spacial score (nSPS) is 17.1. The van der Waals surface area contributed by atoms with Crippen LogP contribution in [0.15, 0.2) is 12.1 Å². The zero-order valence-corrected chi connectivity index (χ0v) is 10.1. The van der Waals surface area contributed by atoms with Crippen molar-refractivity contribution in [1.82, 2.24) is 0 Å². The Labute approximate surface area is 103 Å². The SMILES string of the molecule is NC(=O)C1CCN(c2ccc(C(=O)O)s2)CC1. The number of amides is 1. The lowest BCUT2D eigenvalue weighted by Crippen LogP contribution is -2.38. The van der Waals surface area contributed by atoms with E-state index in [2.05, 4.69) is 4.90 Å². The first-order chi connectivity index (χ1) is 8.08. The van der Waals surface area contributed by atoms with E-state index in [0.29, 0.717) is 4.88 Å². The molecule has 1 aliphatic rings. The summed E-state index contributed by atoms with van der Waals surface area (Å²) >= 11 is 1.27. The van der Waals surface area contributed by atoms with Crippen LogP contribution in [0.5, 0.6) is 0 Å². The van der Waals surface area contributed by atoms with Crippen molar-refractivity contribution in [2.45, 2.75) is 12.8 Å². The van der Waals surface area contributed by atoms with Crippen LogP contribution in [0.3, 0.4) is 0 Å². The van der Waals surface area contributed by atoms with Gasteiger partial charge in [-0.1, -0.05) is 0 Å². The van der Waals surface area contributed by atoms with Gasteiger partial charge in [-0.05, 0) is 25.0 Å². The molecule has 1 fully saturated rings. The third kappa shape index (κ3) is 2.58. The maximum atomic E-state index is 11.0. The number of piperidine rings is 1. The van der Waals surface area contributed by atoms with Crippen molar-refractivity contribution >= 4 is 28.2 Å². The van der Waals surface area contributed by atoms with Crippen molar-refractivity contribution in [3.63, 3.8) is 0 Å². The maximum absolute atomic E-state index is 11.0. The molecule has 6 heteroatoms. The van der Waals surface area contributed by atoms with E-state index in [-0.39, 0.29) is 11.8 Å². The average Bonchev–Trinajstić information content (AvgIpc) is 2.78. The van der Waals surface area contributed by atoms with E-state index in [9.17, 15) is 9.59 Å². The topological polar surface area (TPSA) is 83.6 Å². The minimum atomic E-state index is -0.895. The number of nitrogens with zero attached hydrogens (tertiary/aromatic N) is 1. The van der Waals surface area contributed by atoms with Crippen LogP contribution < -0.4 is 10.6 Å². The van der Waals surface area contributed by atoms with Gasteiger partial charge in [-0.25, -0.2) is 4.79 Å². The molecule has 1 aliphatic heterocycles. The van der Waals surface area contributed by atoms with Gasteiger partial charge in [0, 0.05) is 19.0 Å². The summed E-state index contributed by atoms with van der Waals surface area (Å²) in [6.45, 7) is 1.51. The van der Waals surface area contributed by atoms with Crippen molar-refractivity contribution in [3.05, 3.63) is 17.0 Å². The molecule has 3 N–H and O–H groups in total. The van der Waals surface area contributed by atoms with Gasteiger partial charge in [-0.2, -0.15) is 0 Å². The number of rotatable bonds is 3. The van der Waals surface area contributed by atoms with Crippen molar-refractivity contribution in [3.8, 4) is 0 Å². The zero-order chi connectivity index (χ0) is 12.4. The van der Waals surface area contributed by atoms with Gasteiger partial charge < -0.3 is 15.7 Å². The van der Waals surface area contributed by atoms with Crippen LogP contribution in [0.2, 0.25) is 0 Å².